The van der Waals surface area contributed by atoms with E-state index in [1.807, 2.05) is 18.2 Å². The lowest BCUT2D eigenvalue weighted by atomic mass is 10.0. The Hall–Kier alpha value is -2.44. The molecule has 27 heavy (non-hydrogen) atoms. The Morgan fingerprint density at radius 1 is 1.30 bits per heavy atom. The highest BCUT2D eigenvalue weighted by Gasteiger charge is 2.25. The van der Waals surface area contributed by atoms with Gasteiger partial charge in [0.05, 0.1) is 32.0 Å². The molecule has 144 valence electrons. The number of pyridine rings is 1. The predicted molar refractivity (Wildman–Crippen MR) is 106 cm³/mol. The van der Waals surface area contributed by atoms with Crippen molar-refractivity contribution in [1.29, 1.82) is 0 Å². The van der Waals surface area contributed by atoms with E-state index < -0.39 is 0 Å². The maximum Gasteiger partial charge on any atom is 0.145 e. The number of ether oxygens (including phenoxy) is 1. The van der Waals surface area contributed by atoms with Crippen LogP contribution in [0, 0.1) is 6.92 Å². The fraction of sp³-hybridized carbons (Fsp3) is 0.429. The van der Waals surface area contributed by atoms with E-state index in [9.17, 15) is 10.2 Å². The fourth-order valence-corrected chi connectivity index (χ4v) is 3.57. The third-order valence-corrected chi connectivity index (χ3v) is 5.11. The molecule has 1 saturated heterocycles. The van der Waals surface area contributed by atoms with Gasteiger partial charge in [0.1, 0.15) is 11.5 Å². The standard InChI is InChI=1S/C21H27N3O3/c1-15-21(26)18(16(14-25)11-23-15)12-22-13-19(24-9-5-6-10-24)17-7-3-4-8-20(17)27-2/h3-4,7-8,11-12,19,25-26H,5-6,9-10,13-14H2,1-2H3/t19-/m0/s1. The second kappa shape index (κ2) is 8.97. The summed E-state index contributed by atoms with van der Waals surface area (Å²) < 4.78 is 5.56. The van der Waals surface area contributed by atoms with Gasteiger partial charge in [-0.25, -0.2) is 0 Å². The van der Waals surface area contributed by atoms with Crippen LogP contribution < -0.4 is 4.74 Å². The molecule has 6 heteroatoms. The molecule has 1 aromatic carbocycles. The Morgan fingerprint density at radius 3 is 2.74 bits per heavy atom. The number of aliphatic hydroxyl groups excluding tert-OH is 1. The van der Waals surface area contributed by atoms with Gasteiger partial charge in [0, 0.05) is 29.1 Å². The number of nitrogens with zero attached hydrogens (tertiary/aromatic N) is 3. The van der Waals surface area contributed by atoms with Gasteiger partial charge in [0.25, 0.3) is 0 Å². The number of aliphatic hydroxyl groups is 1. The van der Waals surface area contributed by atoms with Crippen molar-refractivity contribution >= 4 is 6.21 Å². The van der Waals surface area contributed by atoms with E-state index in [2.05, 4.69) is 20.9 Å². The van der Waals surface area contributed by atoms with Crippen molar-refractivity contribution in [2.75, 3.05) is 26.7 Å². The zero-order valence-corrected chi connectivity index (χ0v) is 15.9. The van der Waals surface area contributed by atoms with Gasteiger partial charge in [-0.1, -0.05) is 18.2 Å². The first-order valence-corrected chi connectivity index (χ1v) is 9.30. The van der Waals surface area contributed by atoms with Crippen LogP contribution in [0.15, 0.2) is 35.5 Å². The molecule has 1 atom stereocenters. The minimum absolute atomic E-state index is 0.0697. The Kier molecular flexibility index (Phi) is 6.42. The SMILES string of the molecule is COc1ccccc1[C@H](CN=Cc1c(CO)cnc(C)c1O)N1CCCC1. The van der Waals surface area contributed by atoms with Gasteiger partial charge in [0.2, 0.25) is 0 Å². The summed E-state index contributed by atoms with van der Waals surface area (Å²) >= 11 is 0. The normalized spacial score (nSPS) is 16.1. The first kappa shape index (κ1) is 19.3. The number of aromatic nitrogens is 1. The molecule has 0 unspecified atom stereocenters. The Labute approximate surface area is 160 Å². The minimum Gasteiger partial charge on any atom is -0.505 e. The summed E-state index contributed by atoms with van der Waals surface area (Å²) in [6, 6.07) is 8.17. The zero-order valence-electron chi connectivity index (χ0n) is 15.9. The van der Waals surface area contributed by atoms with Crippen molar-refractivity contribution in [2.24, 2.45) is 4.99 Å². The van der Waals surface area contributed by atoms with E-state index in [1.165, 1.54) is 12.8 Å². The number of aromatic hydroxyl groups is 1. The minimum atomic E-state index is -0.190. The lowest BCUT2D eigenvalue weighted by Crippen LogP contribution is -2.28. The molecule has 2 heterocycles. The van der Waals surface area contributed by atoms with Gasteiger partial charge in [0.15, 0.2) is 0 Å². The monoisotopic (exact) mass is 369 g/mol. The lowest BCUT2D eigenvalue weighted by Gasteiger charge is -2.27. The first-order valence-electron chi connectivity index (χ1n) is 9.30. The van der Waals surface area contributed by atoms with Gasteiger partial charge >= 0.3 is 0 Å². The average Bonchev–Trinajstić information content (AvgIpc) is 3.23. The highest BCUT2D eigenvalue weighted by Crippen LogP contribution is 2.32. The number of methoxy groups -OCH3 is 1. The summed E-state index contributed by atoms with van der Waals surface area (Å²) in [5.41, 5.74) is 2.74. The second-order valence-corrected chi connectivity index (χ2v) is 6.78. The predicted octanol–water partition coefficient (Wildman–Crippen LogP) is 2.85. The number of para-hydroxylation sites is 1. The molecule has 0 saturated carbocycles. The molecule has 2 N–H and O–H groups in total. The van der Waals surface area contributed by atoms with Gasteiger partial charge < -0.3 is 14.9 Å². The fourth-order valence-electron chi connectivity index (χ4n) is 3.57. The number of hydrogen-bond donors (Lipinski definition) is 2. The molecule has 0 radical (unpaired) electrons. The molecule has 6 nitrogen and oxygen atoms in total. The molecule has 1 aliphatic heterocycles. The van der Waals surface area contributed by atoms with Crippen LogP contribution in [-0.4, -0.2) is 53.1 Å². The van der Waals surface area contributed by atoms with Crippen LogP contribution in [0.1, 0.15) is 41.3 Å². The largest absolute Gasteiger partial charge is 0.505 e. The number of benzene rings is 1. The molecule has 3 rings (SSSR count). The highest BCUT2D eigenvalue weighted by molar-refractivity contribution is 5.85. The molecular weight excluding hydrogens is 342 g/mol. The molecule has 1 aromatic heterocycles. The summed E-state index contributed by atoms with van der Waals surface area (Å²) in [7, 11) is 1.69. The maximum absolute atomic E-state index is 10.3. The number of likely N-dealkylation sites (tertiary alicyclic amines) is 1. The second-order valence-electron chi connectivity index (χ2n) is 6.78. The van der Waals surface area contributed by atoms with Crippen LogP contribution in [0.25, 0.3) is 0 Å². The molecule has 2 aromatic rings. The highest BCUT2D eigenvalue weighted by atomic mass is 16.5. The summed E-state index contributed by atoms with van der Waals surface area (Å²) in [5.74, 6) is 0.934. The summed E-state index contributed by atoms with van der Waals surface area (Å²) in [4.78, 5) is 11.1. The van der Waals surface area contributed by atoms with E-state index in [-0.39, 0.29) is 18.4 Å². The van der Waals surface area contributed by atoms with E-state index in [4.69, 9.17) is 4.74 Å². The van der Waals surface area contributed by atoms with Crippen molar-refractivity contribution in [3.63, 3.8) is 0 Å². The topological polar surface area (TPSA) is 78.2 Å². The quantitative estimate of drug-likeness (QED) is 0.734. The number of rotatable bonds is 7. The maximum atomic E-state index is 10.3. The van der Waals surface area contributed by atoms with Crippen LogP contribution in [-0.2, 0) is 6.61 Å². The van der Waals surface area contributed by atoms with E-state index in [0.29, 0.717) is 23.4 Å². The van der Waals surface area contributed by atoms with Gasteiger partial charge in [-0.2, -0.15) is 0 Å². The van der Waals surface area contributed by atoms with Gasteiger partial charge in [-0.15, -0.1) is 0 Å². The van der Waals surface area contributed by atoms with Crippen LogP contribution in [0.2, 0.25) is 0 Å². The van der Waals surface area contributed by atoms with Crippen LogP contribution in [0.4, 0.5) is 0 Å². The smallest absolute Gasteiger partial charge is 0.145 e. The van der Waals surface area contributed by atoms with Crippen LogP contribution >= 0.6 is 0 Å². The van der Waals surface area contributed by atoms with Crippen molar-refractivity contribution in [3.8, 4) is 11.5 Å². The number of hydrogen-bond acceptors (Lipinski definition) is 6. The average molecular weight is 369 g/mol. The Bertz CT molecular complexity index is 801. The van der Waals surface area contributed by atoms with Gasteiger partial charge in [-0.05, 0) is 38.9 Å². The van der Waals surface area contributed by atoms with E-state index >= 15 is 0 Å². The van der Waals surface area contributed by atoms with E-state index in [0.717, 1.165) is 24.4 Å². The lowest BCUT2D eigenvalue weighted by molar-refractivity contribution is 0.246. The van der Waals surface area contributed by atoms with Gasteiger partial charge in [-0.3, -0.25) is 14.9 Å². The van der Waals surface area contributed by atoms with Crippen molar-refractivity contribution < 1.29 is 14.9 Å². The summed E-state index contributed by atoms with van der Waals surface area (Å²) in [6.07, 6.45) is 5.60. The zero-order chi connectivity index (χ0) is 19.2. The Morgan fingerprint density at radius 2 is 2.04 bits per heavy atom. The van der Waals surface area contributed by atoms with E-state index in [1.54, 1.807) is 26.4 Å². The molecule has 1 aliphatic rings. The van der Waals surface area contributed by atoms with Crippen LogP contribution in [0.3, 0.4) is 0 Å². The molecule has 0 bridgehead atoms. The number of aliphatic imine (C=N–C) groups is 1. The number of aryl methyl sites for hydroxylation is 1. The molecule has 0 spiro atoms. The third-order valence-electron chi connectivity index (χ3n) is 5.11. The molecular formula is C21H27N3O3. The van der Waals surface area contributed by atoms with Crippen molar-refractivity contribution in [3.05, 3.63) is 52.8 Å². The first-order chi connectivity index (χ1) is 13.2. The molecule has 0 aliphatic carbocycles. The van der Waals surface area contributed by atoms with Crippen molar-refractivity contribution in [2.45, 2.75) is 32.4 Å². The van der Waals surface area contributed by atoms with Crippen LogP contribution in [0.5, 0.6) is 11.5 Å². The third kappa shape index (κ3) is 4.28. The summed E-state index contributed by atoms with van der Waals surface area (Å²) in [6.45, 7) is 4.17. The Balaban J connectivity index is 1.88. The van der Waals surface area contributed by atoms with Crippen molar-refractivity contribution in [1.82, 2.24) is 9.88 Å². The molecule has 0 amide bonds. The summed E-state index contributed by atoms with van der Waals surface area (Å²) in [5, 5.41) is 19.8. The molecule has 1 fully saturated rings.